The summed E-state index contributed by atoms with van der Waals surface area (Å²) in [5.74, 6) is -0.0433. The van der Waals surface area contributed by atoms with Crippen LogP contribution in [-0.2, 0) is 0 Å². The van der Waals surface area contributed by atoms with Crippen LogP contribution in [0.15, 0.2) is 79.9 Å². The zero-order valence-corrected chi connectivity index (χ0v) is 15.0. The minimum Gasteiger partial charge on any atom is -0.331 e. The van der Waals surface area contributed by atoms with Gasteiger partial charge in [-0.25, -0.2) is 4.98 Å². The molecule has 0 N–H and O–H groups in total. The van der Waals surface area contributed by atoms with Crippen LogP contribution in [0.3, 0.4) is 0 Å². The van der Waals surface area contributed by atoms with E-state index in [1.165, 1.54) is 0 Å². The monoisotopic (exact) mass is 342 g/mol. The predicted molar refractivity (Wildman–Crippen MR) is 108 cm³/mol. The van der Waals surface area contributed by atoms with Gasteiger partial charge >= 0.3 is 0 Å². The molecule has 3 nitrogen and oxygen atoms in total. The summed E-state index contributed by atoms with van der Waals surface area (Å²) in [6.45, 7) is 10.5. The molecule has 0 fully saturated rings. The van der Waals surface area contributed by atoms with Crippen molar-refractivity contribution in [3.63, 3.8) is 0 Å². The fourth-order valence-electron chi connectivity index (χ4n) is 3.07. The quantitative estimate of drug-likeness (QED) is 0.589. The van der Waals surface area contributed by atoms with Gasteiger partial charge in [-0.05, 0) is 24.6 Å². The van der Waals surface area contributed by atoms with E-state index in [0.29, 0.717) is 18.7 Å². The van der Waals surface area contributed by atoms with E-state index in [-0.39, 0.29) is 5.91 Å². The Bertz CT molecular complexity index is 965. The van der Waals surface area contributed by atoms with Crippen LogP contribution >= 0.6 is 0 Å². The molecule has 3 heteroatoms. The third-order valence-electron chi connectivity index (χ3n) is 4.35. The molecule has 0 atom stereocenters. The second-order valence-electron chi connectivity index (χ2n) is 6.17. The Labute approximate surface area is 154 Å². The molecule has 1 amide bonds. The van der Waals surface area contributed by atoms with Crippen LogP contribution in [0.2, 0.25) is 0 Å². The molecule has 0 aliphatic rings. The van der Waals surface area contributed by atoms with Crippen molar-refractivity contribution in [3.05, 3.63) is 91.0 Å². The lowest BCUT2D eigenvalue weighted by Crippen LogP contribution is -2.31. The number of aryl methyl sites for hydroxylation is 1. The van der Waals surface area contributed by atoms with Crippen molar-refractivity contribution in [2.24, 2.45) is 0 Å². The maximum Gasteiger partial charge on any atom is 0.255 e. The number of hydrogen-bond acceptors (Lipinski definition) is 2. The van der Waals surface area contributed by atoms with Crippen LogP contribution < -0.4 is 0 Å². The standard InChI is InChI=1S/C23H22N2O/c1-4-14-25(15-5-2)23(26)20-16-22(18-11-7-6-10-17(18)3)24-21-13-9-8-12-19(20)21/h4-13,16H,1-2,14-15H2,3H3. The number of fused-ring (bicyclic) bond motifs is 1. The van der Waals surface area contributed by atoms with Gasteiger partial charge in [-0.3, -0.25) is 4.79 Å². The molecule has 0 aliphatic heterocycles. The highest BCUT2D eigenvalue weighted by molar-refractivity contribution is 6.07. The molecule has 1 aromatic heterocycles. The second-order valence-corrected chi connectivity index (χ2v) is 6.17. The summed E-state index contributed by atoms with van der Waals surface area (Å²) in [7, 11) is 0. The molecule has 3 rings (SSSR count). The van der Waals surface area contributed by atoms with Crippen LogP contribution in [0.25, 0.3) is 22.2 Å². The first kappa shape index (κ1) is 17.6. The zero-order chi connectivity index (χ0) is 18.5. The van der Waals surface area contributed by atoms with Crippen LogP contribution in [0.5, 0.6) is 0 Å². The maximum atomic E-state index is 13.2. The van der Waals surface area contributed by atoms with E-state index in [0.717, 1.165) is 27.7 Å². The molecular weight excluding hydrogens is 320 g/mol. The van der Waals surface area contributed by atoms with E-state index in [1.54, 1.807) is 17.1 Å². The molecular formula is C23H22N2O. The highest BCUT2D eigenvalue weighted by Gasteiger charge is 2.18. The number of nitrogens with zero attached hydrogens (tertiary/aromatic N) is 2. The fourth-order valence-corrected chi connectivity index (χ4v) is 3.07. The van der Waals surface area contributed by atoms with Crippen molar-refractivity contribution in [2.45, 2.75) is 6.92 Å². The summed E-state index contributed by atoms with van der Waals surface area (Å²) in [5.41, 5.74) is 4.43. The van der Waals surface area contributed by atoms with Crippen molar-refractivity contribution < 1.29 is 4.79 Å². The highest BCUT2D eigenvalue weighted by Crippen LogP contribution is 2.27. The first-order valence-corrected chi connectivity index (χ1v) is 8.62. The number of amides is 1. The first-order chi connectivity index (χ1) is 12.7. The number of carbonyl (C=O) groups is 1. The Hall–Kier alpha value is -3.20. The fraction of sp³-hybridized carbons (Fsp3) is 0.130. The molecule has 0 aliphatic carbocycles. The van der Waals surface area contributed by atoms with Crippen molar-refractivity contribution in [3.8, 4) is 11.3 Å². The van der Waals surface area contributed by atoms with Gasteiger partial charge < -0.3 is 4.90 Å². The van der Waals surface area contributed by atoms with Crippen LogP contribution in [0.1, 0.15) is 15.9 Å². The minimum absolute atomic E-state index is 0.0433. The SMILES string of the molecule is C=CCN(CC=C)C(=O)c1cc(-c2ccccc2C)nc2ccccc12. The zero-order valence-electron chi connectivity index (χ0n) is 15.0. The van der Waals surface area contributed by atoms with Gasteiger partial charge in [0.2, 0.25) is 0 Å². The molecule has 1 heterocycles. The van der Waals surface area contributed by atoms with E-state index in [1.807, 2.05) is 48.5 Å². The molecule has 0 saturated carbocycles. The van der Waals surface area contributed by atoms with E-state index in [9.17, 15) is 4.79 Å². The Morgan fingerprint density at radius 3 is 2.38 bits per heavy atom. The molecule has 0 spiro atoms. The Morgan fingerprint density at radius 1 is 1.04 bits per heavy atom. The van der Waals surface area contributed by atoms with Crippen molar-refractivity contribution in [2.75, 3.05) is 13.1 Å². The predicted octanol–water partition coefficient (Wildman–Crippen LogP) is 5.02. The lowest BCUT2D eigenvalue weighted by molar-refractivity contribution is 0.0793. The summed E-state index contributed by atoms with van der Waals surface area (Å²) in [5, 5.41) is 0.855. The van der Waals surface area contributed by atoms with Gasteiger partial charge in [-0.1, -0.05) is 54.6 Å². The topological polar surface area (TPSA) is 33.2 Å². The molecule has 0 unspecified atom stereocenters. The molecule has 3 aromatic rings. The van der Waals surface area contributed by atoms with E-state index >= 15 is 0 Å². The molecule has 130 valence electrons. The van der Waals surface area contributed by atoms with Gasteiger partial charge in [0.15, 0.2) is 0 Å². The van der Waals surface area contributed by atoms with Gasteiger partial charge in [-0.15, -0.1) is 13.2 Å². The Kier molecular flexibility index (Phi) is 5.28. The van der Waals surface area contributed by atoms with Gasteiger partial charge in [0.25, 0.3) is 5.91 Å². The maximum absolute atomic E-state index is 13.2. The van der Waals surface area contributed by atoms with Crippen LogP contribution in [0.4, 0.5) is 0 Å². The summed E-state index contributed by atoms with van der Waals surface area (Å²) >= 11 is 0. The Balaban J connectivity index is 2.20. The van der Waals surface area contributed by atoms with Gasteiger partial charge in [0.1, 0.15) is 0 Å². The molecule has 0 saturated heterocycles. The smallest absolute Gasteiger partial charge is 0.255 e. The minimum atomic E-state index is -0.0433. The first-order valence-electron chi connectivity index (χ1n) is 8.62. The molecule has 0 radical (unpaired) electrons. The highest BCUT2D eigenvalue weighted by atomic mass is 16.2. The van der Waals surface area contributed by atoms with Gasteiger partial charge in [0, 0.05) is 24.0 Å². The number of para-hydroxylation sites is 1. The number of carbonyl (C=O) groups excluding carboxylic acids is 1. The van der Waals surface area contributed by atoms with Crippen LogP contribution in [0, 0.1) is 6.92 Å². The summed E-state index contributed by atoms with van der Waals surface area (Å²) in [6.07, 6.45) is 3.46. The third kappa shape index (κ3) is 3.42. The molecule has 26 heavy (non-hydrogen) atoms. The molecule has 0 bridgehead atoms. The van der Waals surface area contributed by atoms with E-state index in [4.69, 9.17) is 4.98 Å². The average Bonchev–Trinajstić information content (AvgIpc) is 2.67. The van der Waals surface area contributed by atoms with Gasteiger partial charge in [0.05, 0.1) is 16.8 Å². The Morgan fingerprint density at radius 2 is 1.69 bits per heavy atom. The van der Waals surface area contributed by atoms with E-state index in [2.05, 4.69) is 26.1 Å². The lowest BCUT2D eigenvalue weighted by atomic mass is 10.0. The average molecular weight is 342 g/mol. The van der Waals surface area contributed by atoms with Crippen molar-refractivity contribution in [1.82, 2.24) is 9.88 Å². The van der Waals surface area contributed by atoms with Crippen molar-refractivity contribution in [1.29, 1.82) is 0 Å². The normalized spacial score (nSPS) is 10.5. The van der Waals surface area contributed by atoms with Crippen molar-refractivity contribution >= 4 is 16.8 Å². The lowest BCUT2D eigenvalue weighted by Gasteiger charge is -2.21. The number of rotatable bonds is 6. The number of benzene rings is 2. The number of aromatic nitrogens is 1. The summed E-state index contributed by atoms with van der Waals surface area (Å²) in [4.78, 5) is 19.7. The van der Waals surface area contributed by atoms with E-state index < -0.39 is 0 Å². The van der Waals surface area contributed by atoms with Crippen LogP contribution in [-0.4, -0.2) is 28.9 Å². The summed E-state index contributed by atoms with van der Waals surface area (Å²) < 4.78 is 0. The summed E-state index contributed by atoms with van der Waals surface area (Å²) in [6, 6.07) is 17.7. The third-order valence-corrected chi connectivity index (χ3v) is 4.35. The largest absolute Gasteiger partial charge is 0.331 e. The second kappa shape index (κ2) is 7.79. The molecule has 2 aromatic carbocycles. The number of pyridine rings is 1. The van der Waals surface area contributed by atoms with Gasteiger partial charge in [-0.2, -0.15) is 0 Å². The number of hydrogen-bond donors (Lipinski definition) is 0.